The molecule has 1 N–H and O–H groups in total. The summed E-state index contributed by atoms with van der Waals surface area (Å²) in [5.41, 5.74) is 1.53. The molecule has 0 saturated heterocycles. The Bertz CT molecular complexity index is 938. The third-order valence-corrected chi connectivity index (χ3v) is 5.97. The topological polar surface area (TPSA) is 59.1 Å². The van der Waals surface area contributed by atoms with E-state index in [2.05, 4.69) is 9.71 Å². The summed E-state index contributed by atoms with van der Waals surface area (Å²) >= 11 is 13.0. The van der Waals surface area contributed by atoms with Crippen molar-refractivity contribution >= 4 is 49.7 Å². The number of hydrogen-bond donors (Lipinski definition) is 1. The summed E-state index contributed by atoms with van der Waals surface area (Å²) < 4.78 is 27.2. The van der Waals surface area contributed by atoms with Crippen molar-refractivity contribution in [2.24, 2.45) is 0 Å². The van der Waals surface area contributed by atoms with Gasteiger partial charge in [-0.3, -0.25) is 4.72 Å². The molecule has 0 aliphatic carbocycles. The first kappa shape index (κ1) is 16.3. The first-order chi connectivity index (χ1) is 11.0. The van der Waals surface area contributed by atoms with Gasteiger partial charge in [-0.1, -0.05) is 47.5 Å². The smallest absolute Gasteiger partial charge is 0.255 e. The van der Waals surface area contributed by atoms with Crippen LogP contribution in [-0.4, -0.2) is 13.4 Å². The van der Waals surface area contributed by atoms with E-state index in [4.69, 9.17) is 23.2 Å². The van der Waals surface area contributed by atoms with Crippen LogP contribution in [0.2, 0.25) is 10.0 Å². The fraction of sp³-hybridized carbons (Fsp3) is 0. The highest BCUT2D eigenvalue weighted by Crippen LogP contribution is 2.28. The quantitative estimate of drug-likeness (QED) is 0.694. The Balaban J connectivity index is 1.87. The van der Waals surface area contributed by atoms with Gasteiger partial charge in [0, 0.05) is 16.0 Å². The molecular weight excluding hydrogens is 375 g/mol. The highest BCUT2D eigenvalue weighted by atomic mass is 35.5. The number of benzene rings is 2. The van der Waals surface area contributed by atoms with Gasteiger partial charge in [0.1, 0.15) is 4.90 Å². The van der Waals surface area contributed by atoms with Gasteiger partial charge < -0.3 is 0 Å². The normalized spacial score (nSPS) is 11.4. The highest BCUT2D eigenvalue weighted by Gasteiger charge is 2.19. The van der Waals surface area contributed by atoms with Crippen LogP contribution < -0.4 is 4.72 Å². The number of nitrogens with zero attached hydrogens (tertiary/aromatic N) is 1. The summed E-state index contributed by atoms with van der Waals surface area (Å²) in [6.45, 7) is 0. The molecule has 1 aromatic heterocycles. The lowest BCUT2D eigenvalue weighted by Gasteiger charge is -2.06. The molecule has 0 spiro atoms. The van der Waals surface area contributed by atoms with Crippen LogP contribution in [0.4, 0.5) is 5.13 Å². The molecule has 118 valence electrons. The fourth-order valence-electron chi connectivity index (χ4n) is 1.91. The Morgan fingerprint density at radius 2 is 1.70 bits per heavy atom. The molecule has 0 saturated carbocycles. The lowest BCUT2D eigenvalue weighted by molar-refractivity contribution is 0.601. The summed E-state index contributed by atoms with van der Waals surface area (Å²) in [5.74, 6) is 0. The van der Waals surface area contributed by atoms with Crippen LogP contribution in [0.15, 0.2) is 58.8 Å². The number of anilines is 1. The second-order valence-electron chi connectivity index (χ2n) is 4.58. The molecule has 0 unspecified atom stereocenters. The van der Waals surface area contributed by atoms with Crippen molar-refractivity contribution in [3.63, 3.8) is 0 Å². The van der Waals surface area contributed by atoms with Crippen LogP contribution in [0.3, 0.4) is 0 Å². The molecule has 3 aromatic rings. The molecule has 4 nitrogen and oxygen atoms in total. The first-order valence-corrected chi connectivity index (χ1v) is 9.56. The van der Waals surface area contributed by atoms with E-state index in [9.17, 15) is 8.42 Å². The Morgan fingerprint density at radius 1 is 1.00 bits per heavy atom. The van der Waals surface area contributed by atoms with E-state index in [-0.39, 0.29) is 15.0 Å². The van der Waals surface area contributed by atoms with Crippen molar-refractivity contribution in [3.05, 3.63) is 64.0 Å². The minimum Gasteiger partial charge on any atom is -0.255 e. The molecule has 0 aliphatic heterocycles. The van der Waals surface area contributed by atoms with Gasteiger partial charge in [0.05, 0.1) is 10.7 Å². The van der Waals surface area contributed by atoms with E-state index in [0.717, 1.165) is 5.56 Å². The molecule has 0 aliphatic rings. The van der Waals surface area contributed by atoms with Gasteiger partial charge in [-0.15, -0.1) is 11.3 Å². The number of hydrogen-bond acceptors (Lipinski definition) is 4. The minimum atomic E-state index is -3.77. The number of thiazole rings is 1. The maximum absolute atomic E-state index is 12.4. The zero-order valence-corrected chi connectivity index (χ0v) is 14.7. The van der Waals surface area contributed by atoms with Crippen molar-refractivity contribution < 1.29 is 8.42 Å². The molecule has 1 heterocycles. The van der Waals surface area contributed by atoms with Crippen molar-refractivity contribution in [3.8, 4) is 11.3 Å². The third-order valence-electron chi connectivity index (χ3n) is 2.99. The standard InChI is InChI=1S/C15H10Cl2N2O2S2/c16-11-7-5-10(6-8-11)13-9-22-15(18-13)19-23(20,21)14-4-2-1-3-12(14)17/h1-9H,(H,18,19). The molecular formula is C15H10Cl2N2O2S2. The zero-order valence-electron chi connectivity index (χ0n) is 11.5. The van der Waals surface area contributed by atoms with Gasteiger partial charge in [-0.25, -0.2) is 13.4 Å². The lowest BCUT2D eigenvalue weighted by atomic mass is 10.2. The number of halogens is 2. The first-order valence-electron chi connectivity index (χ1n) is 6.44. The Labute approximate surface area is 147 Å². The van der Waals surface area contributed by atoms with Crippen LogP contribution in [0.1, 0.15) is 0 Å². The van der Waals surface area contributed by atoms with Gasteiger partial charge in [0.15, 0.2) is 5.13 Å². The maximum Gasteiger partial charge on any atom is 0.265 e. The third kappa shape index (κ3) is 3.67. The minimum absolute atomic E-state index is 0.0184. The van der Waals surface area contributed by atoms with Gasteiger partial charge in [0.25, 0.3) is 10.0 Å². The van der Waals surface area contributed by atoms with E-state index in [1.54, 1.807) is 29.6 Å². The molecule has 0 fully saturated rings. The summed E-state index contributed by atoms with van der Waals surface area (Å²) in [4.78, 5) is 4.31. The van der Waals surface area contributed by atoms with Crippen LogP contribution in [-0.2, 0) is 10.0 Å². The fourth-order valence-corrected chi connectivity index (χ4v) is 4.53. The lowest BCUT2D eigenvalue weighted by Crippen LogP contribution is -2.13. The Hall–Kier alpha value is -1.60. The van der Waals surface area contributed by atoms with Crippen LogP contribution in [0.5, 0.6) is 0 Å². The van der Waals surface area contributed by atoms with Crippen molar-refractivity contribution in [1.29, 1.82) is 0 Å². The van der Waals surface area contributed by atoms with Gasteiger partial charge in [-0.05, 0) is 24.3 Å². The van der Waals surface area contributed by atoms with Gasteiger partial charge in [-0.2, -0.15) is 0 Å². The maximum atomic E-state index is 12.4. The molecule has 23 heavy (non-hydrogen) atoms. The average molecular weight is 385 g/mol. The molecule has 3 rings (SSSR count). The molecule has 0 radical (unpaired) electrons. The van der Waals surface area contributed by atoms with Crippen molar-refractivity contribution in [1.82, 2.24) is 4.98 Å². The summed E-state index contributed by atoms with van der Waals surface area (Å²) in [5, 5.41) is 2.83. The number of aromatic nitrogens is 1. The van der Waals surface area contributed by atoms with E-state index in [1.807, 2.05) is 12.1 Å². The van der Waals surface area contributed by atoms with E-state index in [0.29, 0.717) is 10.7 Å². The van der Waals surface area contributed by atoms with Crippen molar-refractivity contribution in [2.45, 2.75) is 4.90 Å². The zero-order chi connectivity index (χ0) is 16.4. The van der Waals surface area contributed by atoms with Crippen molar-refractivity contribution in [2.75, 3.05) is 4.72 Å². The molecule has 0 atom stereocenters. The van der Waals surface area contributed by atoms with Gasteiger partial charge in [0.2, 0.25) is 0 Å². The number of rotatable bonds is 4. The molecule has 8 heteroatoms. The summed E-state index contributed by atoms with van der Waals surface area (Å²) in [6, 6.07) is 13.4. The molecule has 2 aromatic carbocycles. The predicted molar refractivity (Wildman–Crippen MR) is 94.8 cm³/mol. The number of sulfonamides is 1. The number of nitrogens with one attached hydrogen (secondary N) is 1. The van der Waals surface area contributed by atoms with E-state index < -0.39 is 10.0 Å². The largest absolute Gasteiger partial charge is 0.265 e. The summed E-state index contributed by atoms with van der Waals surface area (Å²) in [7, 11) is -3.77. The highest BCUT2D eigenvalue weighted by molar-refractivity contribution is 7.93. The monoisotopic (exact) mass is 384 g/mol. The van der Waals surface area contributed by atoms with E-state index in [1.165, 1.54) is 23.5 Å². The predicted octanol–water partition coefficient (Wildman–Crippen LogP) is 4.92. The van der Waals surface area contributed by atoms with E-state index >= 15 is 0 Å². The Morgan fingerprint density at radius 3 is 2.39 bits per heavy atom. The molecule has 0 bridgehead atoms. The van der Waals surface area contributed by atoms with Gasteiger partial charge >= 0.3 is 0 Å². The average Bonchev–Trinajstić information content (AvgIpc) is 2.96. The SMILES string of the molecule is O=S(=O)(Nc1nc(-c2ccc(Cl)cc2)cs1)c1ccccc1Cl. The second kappa shape index (κ2) is 6.49. The second-order valence-corrected chi connectivity index (χ2v) is 7.93. The molecule has 0 amide bonds. The van der Waals surface area contributed by atoms with Crippen LogP contribution >= 0.6 is 34.5 Å². The summed E-state index contributed by atoms with van der Waals surface area (Å²) in [6.07, 6.45) is 0. The van der Waals surface area contributed by atoms with Crippen LogP contribution in [0.25, 0.3) is 11.3 Å². The Kier molecular flexibility index (Phi) is 4.59. The van der Waals surface area contributed by atoms with Crippen LogP contribution in [0, 0.1) is 0 Å².